The van der Waals surface area contributed by atoms with Crippen LogP contribution in [0.2, 0.25) is 0 Å². The van der Waals surface area contributed by atoms with E-state index < -0.39 is 0 Å². The Morgan fingerprint density at radius 3 is 3.00 bits per heavy atom. The summed E-state index contributed by atoms with van der Waals surface area (Å²) >= 11 is 0. The molecule has 0 aliphatic carbocycles. The SMILES string of the molecule is [c]1ccc2[c]c3[c]cccc3cc2c1. The fourth-order valence-corrected chi connectivity index (χ4v) is 1.66. The first-order chi connectivity index (χ1) is 6.93. The van der Waals surface area contributed by atoms with E-state index in [9.17, 15) is 0 Å². The minimum absolute atomic E-state index is 1.05. The van der Waals surface area contributed by atoms with Crippen molar-refractivity contribution in [1.82, 2.24) is 0 Å². The zero-order valence-corrected chi connectivity index (χ0v) is 7.54. The van der Waals surface area contributed by atoms with Crippen molar-refractivity contribution in [3.05, 3.63) is 60.7 Å². The molecule has 0 heteroatoms. The third-order valence-electron chi connectivity index (χ3n) is 2.36. The monoisotopic (exact) mass is 175 g/mol. The van der Waals surface area contributed by atoms with Gasteiger partial charge >= 0.3 is 0 Å². The summed E-state index contributed by atoms with van der Waals surface area (Å²) in [6, 6.07) is 23.6. The van der Waals surface area contributed by atoms with Gasteiger partial charge in [0.1, 0.15) is 0 Å². The maximum atomic E-state index is 3.33. The molecule has 0 heterocycles. The Balaban J connectivity index is 2.52. The van der Waals surface area contributed by atoms with Crippen molar-refractivity contribution in [2.45, 2.75) is 0 Å². The third-order valence-corrected chi connectivity index (χ3v) is 2.36. The van der Waals surface area contributed by atoms with Gasteiger partial charge in [-0.15, -0.1) is 0 Å². The molecule has 0 bridgehead atoms. The van der Waals surface area contributed by atoms with E-state index >= 15 is 0 Å². The normalized spacial score (nSPS) is 10.9. The lowest BCUT2D eigenvalue weighted by Crippen LogP contribution is -1.75. The second-order valence-electron chi connectivity index (χ2n) is 3.28. The van der Waals surface area contributed by atoms with Gasteiger partial charge in [0.05, 0.1) is 0 Å². The molecule has 63 valence electrons. The van der Waals surface area contributed by atoms with Gasteiger partial charge in [-0.1, -0.05) is 30.3 Å². The summed E-state index contributed by atoms with van der Waals surface area (Å²) < 4.78 is 0. The lowest BCUT2D eigenvalue weighted by atomic mass is 10.0. The zero-order chi connectivity index (χ0) is 9.38. The Kier molecular flexibility index (Phi) is 1.54. The van der Waals surface area contributed by atoms with Crippen LogP contribution in [0.25, 0.3) is 21.5 Å². The van der Waals surface area contributed by atoms with Crippen LogP contribution >= 0.6 is 0 Å². The van der Waals surface area contributed by atoms with Crippen molar-refractivity contribution in [3.63, 3.8) is 0 Å². The van der Waals surface area contributed by atoms with Gasteiger partial charge < -0.3 is 0 Å². The molecular weight excluding hydrogens is 168 g/mol. The molecule has 3 radical (unpaired) electrons. The number of rotatable bonds is 0. The average Bonchev–Trinajstić information content (AvgIpc) is 2.26. The maximum absolute atomic E-state index is 3.33. The smallest absolute Gasteiger partial charge is 0.000785 e. The van der Waals surface area contributed by atoms with Gasteiger partial charge in [0.15, 0.2) is 0 Å². The fraction of sp³-hybridized carbons (Fsp3) is 0. The predicted octanol–water partition coefficient (Wildman–Crippen LogP) is 3.39. The number of benzene rings is 3. The second-order valence-corrected chi connectivity index (χ2v) is 3.28. The van der Waals surface area contributed by atoms with E-state index in [2.05, 4.69) is 30.3 Å². The molecule has 0 fully saturated rings. The van der Waals surface area contributed by atoms with Crippen LogP contribution < -0.4 is 0 Å². The summed E-state index contributed by atoms with van der Waals surface area (Å²) in [5.74, 6) is 0. The molecule has 0 unspecified atom stereocenters. The summed E-state index contributed by atoms with van der Waals surface area (Å²) in [4.78, 5) is 0. The van der Waals surface area contributed by atoms with E-state index in [0.29, 0.717) is 0 Å². The van der Waals surface area contributed by atoms with Crippen molar-refractivity contribution in [2.75, 3.05) is 0 Å². The summed E-state index contributed by atoms with van der Waals surface area (Å²) in [6.45, 7) is 0. The molecule has 0 saturated carbocycles. The summed E-state index contributed by atoms with van der Waals surface area (Å²) in [5, 5.41) is 4.53. The molecule has 0 nitrogen and oxygen atoms in total. The van der Waals surface area contributed by atoms with Crippen LogP contribution in [0.15, 0.2) is 42.5 Å². The molecule has 0 aliphatic rings. The summed E-state index contributed by atoms with van der Waals surface area (Å²) in [5.41, 5.74) is 0. The van der Waals surface area contributed by atoms with Crippen molar-refractivity contribution in [1.29, 1.82) is 0 Å². The van der Waals surface area contributed by atoms with E-state index in [4.69, 9.17) is 0 Å². The average molecular weight is 175 g/mol. The highest BCUT2D eigenvalue weighted by Crippen LogP contribution is 2.20. The number of hydrogen-bond donors (Lipinski definition) is 0. The van der Waals surface area contributed by atoms with Crippen LogP contribution in [0.4, 0.5) is 0 Å². The Hall–Kier alpha value is -1.82. The van der Waals surface area contributed by atoms with Crippen LogP contribution in [-0.2, 0) is 0 Å². The Bertz CT molecular complexity index is 489. The van der Waals surface area contributed by atoms with Crippen LogP contribution in [0.1, 0.15) is 0 Å². The van der Waals surface area contributed by atoms with Crippen molar-refractivity contribution in [2.24, 2.45) is 0 Å². The quantitative estimate of drug-likeness (QED) is 0.459. The Morgan fingerprint density at radius 1 is 1.00 bits per heavy atom. The molecule has 14 heavy (non-hydrogen) atoms. The van der Waals surface area contributed by atoms with Crippen molar-refractivity contribution >= 4 is 21.5 Å². The van der Waals surface area contributed by atoms with Gasteiger partial charge in [-0.2, -0.15) is 0 Å². The van der Waals surface area contributed by atoms with Gasteiger partial charge in [-0.3, -0.25) is 0 Å². The van der Waals surface area contributed by atoms with E-state index in [-0.39, 0.29) is 0 Å². The molecule has 0 saturated heterocycles. The zero-order valence-electron chi connectivity index (χ0n) is 7.54. The van der Waals surface area contributed by atoms with Crippen LogP contribution in [0.3, 0.4) is 0 Å². The molecular formula is C14H7. The molecule has 0 amide bonds. The minimum Gasteiger partial charge on any atom is -0.0610 e. The minimum atomic E-state index is 1.05. The second kappa shape index (κ2) is 2.85. The molecule has 0 aliphatic heterocycles. The van der Waals surface area contributed by atoms with E-state index in [1.807, 2.05) is 30.3 Å². The maximum Gasteiger partial charge on any atom is -0.000785 e. The molecule has 3 aromatic carbocycles. The Morgan fingerprint density at radius 2 is 2.00 bits per heavy atom. The molecule has 0 aromatic heterocycles. The number of fused-ring (bicyclic) bond motifs is 2. The Labute approximate surface area is 82.8 Å². The van der Waals surface area contributed by atoms with E-state index in [1.165, 1.54) is 10.8 Å². The van der Waals surface area contributed by atoms with E-state index in [0.717, 1.165) is 10.8 Å². The van der Waals surface area contributed by atoms with Gasteiger partial charge in [0.25, 0.3) is 0 Å². The van der Waals surface area contributed by atoms with Crippen molar-refractivity contribution < 1.29 is 0 Å². The summed E-state index contributed by atoms with van der Waals surface area (Å²) in [6.07, 6.45) is 0. The van der Waals surface area contributed by atoms with Gasteiger partial charge in [0.2, 0.25) is 0 Å². The standard InChI is InChI=1S/C14H7/c1-2-6-12-10-14-8-4-3-7-13(14)9-11(12)5-1/h1-3,6-8,10H. The van der Waals surface area contributed by atoms with Gasteiger partial charge in [-0.05, 0) is 51.9 Å². The topological polar surface area (TPSA) is 0 Å². The van der Waals surface area contributed by atoms with Crippen LogP contribution in [0, 0.1) is 18.2 Å². The highest BCUT2D eigenvalue weighted by atomic mass is 14.0. The van der Waals surface area contributed by atoms with Crippen molar-refractivity contribution in [3.8, 4) is 0 Å². The van der Waals surface area contributed by atoms with Gasteiger partial charge in [-0.25, -0.2) is 0 Å². The highest BCUT2D eigenvalue weighted by Gasteiger charge is 1.96. The number of hydrogen-bond acceptors (Lipinski definition) is 0. The summed E-state index contributed by atoms with van der Waals surface area (Å²) in [7, 11) is 0. The molecule has 3 rings (SSSR count). The molecule has 0 N–H and O–H groups in total. The fourth-order valence-electron chi connectivity index (χ4n) is 1.66. The molecule has 3 aromatic rings. The predicted molar refractivity (Wildman–Crippen MR) is 58.0 cm³/mol. The van der Waals surface area contributed by atoms with Crippen LogP contribution in [-0.4, -0.2) is 0 Å². The first kappa shape index (κ1) is 7.57. The van der Waals surface area contributed by atoms with Crippen LogP contribution in [0.5, 0.6) is 0 Å². The third kappa shape index (κ3) is 1.08. The van der Waals surface area contributed by atoms with Gasteiger partial charge in [0, 0.05) is 0 Å². The highest BCUT2D eigenvalue weighted by molar-refractivity contribution is 5.96. The first-order valence-corrected chi connectivity index (χ1v) is 4.56. The molecule has 0 atom stereocenters. The lowest BCUT2D eigenvalue weighted by Gasteiger charge is -1.99. The lowest BCUT2D eigenvalue weighted by molar-refractivity contribution is 1.74. The van der Waals surface area contributed by atoms with E-state index in [1.54, 1.807) is 0 Å². The first-order valence-electron chi connectivity index (χ1n) is 4.56. The molecule has 0 spiro atoms. The largest absolute Gasteiger partial charge is 0.0610 e.